The summed E-state index contributed by atoms with van der Waals surface area (Å²) in [7, 11) is 0. The van der Waals surface area contributed by atoms with Gasteiger partial charge < -0.3 is 5.73 Å². The number of fused-ring (bicyclic) bond motifs is 1. The highest BCUT2D eigenvalue weighted by atomic mass is 32.1. The van der Waals surface area contributed by atoms with Crippen LogP contribution in [-0.4, -0.2) is 57.3 Å². The molecule has 1 fully saturated rings. The Kier molecular flexibility index (Phi) is 6.39. The minimum absolute atomic E-state index is 0.124. The number of rotatable bonds is 6. The third kappa shape index (κ3) is 4.84. The summed E-state index contributed by atoms with van der Waals surface area (Å²) in [5, 5.41) is 3.67. The van der Waals surface area contributed by atoms with Crippen LogP contribution in [0.4, 0.5) is 0 Å². The van der Waals surface area contributed by atoms with Crippen molar-refractivity contribution in [1.29, 1.82) is 0 Å². The van der Waals surface area contributed by atoms with E-state index in [-0.39, 0.29) is 35.4 Å². The molecule has 0 radical (unpaired) electrons. The number of piperidine rings is 1. The van der Waals surface area contributed by atoms with E-state index in [1.807, 2.05) is 59.5 Å². The standard InChI is InChI=1S/C25H24N6O3S/c26-23(33)17-10-12-30(13-11-17)15-21(32)27-14-18-22(16-6-2-1-3-7-16)29-31(24(18)34)25-28-19-8-4-5-9-20(19)35-25/h1-9,14,17,29H,10-13,15H2,(H2,26,33). The second-order valence-electron chi connectivity index (χ2n) is 8.48. The Morgan fingerprint density at radius 3 is 2.54 bits per heavy atom. The van der Waals surface area contributed by atoms with Crippen molar-refractivity contribution >= 4 is 39.6 Å². The highest BCUT2D eigenvalue weighted by molar-refractivity contribution is 7.20. The lowest BCUT2D eigenvalue weighted by Crippen LogP contribution is -2.40. The number of carbonyl (C=O) groups excluding carboxylic acids is 2. The van der Waals surface area contributed by atoms with Gasteiger partial charge in [0.05, 0.1) is 28.0 Å². The number of amides is 2. The van der Waals surface area contributed by atoms with Crippen LogP contribution in [0.2, 0.25) is 0 Å². The molecule has 0 spiro atoms. The fourth-order valence-electron chi connectivity index (χ4n) is 4.23. The number of aliphatic imine (C=N–C) groups is 1. The number of hydrogen-bond donors (Lipinski definition) is 2. The maximum atomic E-state index is 13.4. The van der Waals surface area contributed by atoms with Gasteiger partial charge in [-0.25, -0.2) is 9.98 Å². The van der Waals surface area contributed by atoms with Gasteiger partial charge in [0, 0.05) is 17.7 Å². The van der Waals surface area contributed by atoms with Crippen LogP contribution in [0.5, 0.6) is 0 Å². The number of nitrogens with two attached hydrogens (primary N) is 1. The average Bonchev–Trinajstić information content (AvgIpc) is 3.44. The summed E-state index contributed by atoms with van der Waals surface area (Å²) in [5.74, 6) is -0.785. The van der Waals surface area contributed by atoms with Gasteiger partial charge in [0.1, 0.15) is 0 Å². The summed E-state index contributed by atoms with van der Waals surface area (Å²) < 4.78 is 2.36. The Balaban J connectivity index is 1.42. The number of hydrogen-bond acceptors (Lipinski definition) is 6. The van der Waals surface area contributed by atoms with E-state index in [1.54, 1.807) is 0 Å². The molecular weight excluding hydrogens is 464 g/mol. The molecular formula is C25H24N6O3S. The van der Waals surface area contributed by atoms with Crippen molar-refractivity contribution in [1.82, 2.24) is 19.7 Å². The summed E-state index contributed by atoms with van der Waals surface area (Å²) in [6.45, 7) is 1.34. The van der Waals surface area contributed by atoms with Crippen LogP contribution < -0.4 is 11.3 Å². The topological polar surface area (TPSA) is 126 Å². The summed E-state index contributed by atoms with van der Waals surface area (Å²) in [6.07, 6.45) is 2.60. The zero-order valence-electron chi connectivity index (χ0n) is 18.9. The third-order valence-corrected chi connectivity index (χ3v) is 7.17. The van der Waals surface area contributed by atoms with Gasteiger partial charge in [0.15, 0.2) is 0 Å². The molecule has 2 amide bonds. The molecule has 35 heavy (non-hydrogen) atoms. The zero-order valence-corrected chi connectivity index (χ0v) is 19.7. The third-order valence-electron chi connectivity index (χ3n) is 6.15. The van der Waals surface area contributed by atoms with Gasteiger partial charge in [-0.05, 0) is 38.1 Å². The predicted molar refractivity (Wildman–Crippen MR) is 136 cm³/mol. The lowest BCUT2D eigenvalue weighted by atomic mass is 9.96. The SMILES string of the molecule is NC(=O)C1CCN(CC(=O)N=Cc2c(-c3ccccc3)[nH]n(-c3nc4ccccc4s3)c2=O)CC1. The second-order valence-corrected chi connectivity index (χ2v) is 9.49. The monoisotopic (exact) mass is 488 g/mol. The molecule has 0 aliphatic carbocycles. The molecule has 10 heteroatoms. The number of aromatic amines is 1. The van der Waals surface area contributed by atoms with Gasteiger partial charge in [-0.2, -0.15) is 4.68 Å². The predicted octanol–water partition coefficient (Wildman–Crippen LogP) is 2.59. The Morgan fingerprint density at radius 2 is 1.83 bits per heavy atom. The van der Waals surface area contributed by atoms with Gasteiger partial charge in [-0.3, -0.25) is 24.4 Å². The summed E-state index contributed by atoms with van der Waals surface area (Å²) in [6, 6.07) is 17.1. The molecule has 0 saturated carbocycles. The summed E-state index contributed by atoms with van der Waals surface area (Å²) in [4.78, 5) is 48.0. The number of carbonyl (C=O) groups is 2. The molecule has 1 aliphatic rings. The molecule has 3 N–H and O–H groups in total. The fraction of sp³-hybridized carbons (Fsp3) is 0.240. The number of nitrogens with zero attached hydrogens (tertiary/aromatic N) is 4. The zero-order chi connectivity index (χ0) is 24.4. The molecule has 0 atom stereocenters. The summed E-state index contributed by atoms with van der Waals surface area (Å²) in [5.41, 5.74) is 7.51. The van der Waals surface area contributed by atoms with Crippen molar-refractivity contribution < 1.29 is 9.59 Å². The highest BCUT2D eigenvalue weighted by Crippen LogP contribution is 2.25. The number of H-pyrrole nitrogens is 1. The van der Waals surface area contributed by atoms with E-state index < -0.39 is 0 Å². The van der Waals surface area contributed by atoms with Crippen molar-refractivity contribution in [2.45, 2.75) is 12.8 Å². The van der Waals surface area contributed by atoms with Gasteiger partial charge in [-0.1, -0.05) is 53.8 Å². The molecule has 1 saturated heterocycles. The number of para-hydroxylation sites is 1. The molecule has 5 rings (SSSR count). The Bertz CT molecular complexity index is 1430. The van der Waals surface area contributed by atoms with E-state index >= 15 is 0 Å². The minimum atomic E-state index is -0.353. The largest absolute Gasteiger partial charge is 0.369 e. The molecule has 178 valence electrons. The second kappa shape index (κ2) is 9.77. The quantitative estimate of drug-likeness (QED) is 0.404. The van der Waals surface area contributed by atoms with E-state index in [1.165, 1.54) is 22.2 Å². The molecule has 3 heterocycles. The first-order chi connectivity index (χ1) is 17.0. The van der Waals surface area contributed by atoms with Crippen LogP contribution in [0, 0.1) is 5.92 Å². The van der Waals surface area contributed by atoms with Crippen molar-refractivity contribution in [2.24, 2.45) is 16.6 Å². The molecule has 9 nitrogen and oxygen atoms in total. The molecule has 1 aliphatic heterocycles. The van der Waals surface area contributed by atoms with Gasteiger partial charge in [0.25, 0.3) is 11.5 Å². The normalized spacial score (nSPS) is 15.2. The van der Waals surface area contributed by atoms with Crippen LogP contribution in [-0.2, 0) is 9.59 Å². The van der Waals surface area contributed by atoms with Crippen LogP contribution in [0.3, 0.4) is 0 Å². The van der Waals surface area contributed by atoms with Crippen molar-refractivity contribution in [3.63, 3.8) is 0 Å². The van der Waals surface area contributed by atoms with Crippen LogP contribution >= 0.6 is 11.3 Å². The van der Waals surface area contributed by atoms with E-state index in [4.69, 9.17) is 5.73 Å². The molecule has 2 aromatic heterocycles. The van der Waals surface area contributed by atoms with E-state index in [2.05, 4.69) is 15.1 Å². The van der Waals surface area contributed by atoms with Crippen LogP contribution in [0.25, 0.3) is 26.6 Å². The number of nitrogens with one attached hydrogen (secondary N) is 1. The molecule has 4 aromatic rings. The molecule has 0 unspecified atom stereocenters. The van der Waals surface area contributed by atoms with Crippen molar-refractivity contribution in [3.8, 4) is 16.4 Å². The number of likely N-dealkylation sites (tertiary alicyclic amines) is 1. The van der Waals surface area contributed by atoms with Crippen molar-refractivity contribution in [3.05, 3.63) is 70.5 Å². The average molecular weight is 489 g/mol. The Morgan fingerprint density at radius 1 is 1.11 bits per heavy atom. The Labute approximate surface area is 204 Å². The number of thiazole rings is 1. The highest BCUT2D eigenvalue weighted by Gasteiger charge is 2.24. The number of benzene rings is 2. The Hall–Kier alpha value is -3.89. The van der Waals surface area contributed by atoms with Gasteiger partial charge >= 0.3 is 0 Å². The summed E-state index contributed by atoms with van der Waals surface area (Å²) >= 11 is 1.40. The maximum Gasteiger partial charge on any atom is 0.282 e. The number of aromatic nitrogens is 3. The van der Waals surface area contributed by atoms with Gasteiger partial charge in [-0.15, -0.1) is 0 Å². The van der Waals surface area contributed by atoms with Crippen LogP contribution in [0.15, 0.2) is 64.4 Å². The maximum absolute atomic E-state index is 13.4. The number of primary amides is 1. The first kappa shape index (κ1) is 22.9. The fourth-order valence-corrected chi connectivity index (χ4v) is 5.15. The van der Waals surface area contributed by atoms with E-state index in [0.29, 0.717) is 36.8 Å². The van der Waals surface area contributed by atoms with Crippen molar-refractivity contribution in [2.75, 3.05) is 19.6 Å². The van der Waals surface area contributed by atoms with E-state index in [0.717, 1.165) is 15.8 Å². The first-order valence-corrected chi connectivity index (χ1v) is 12.2. The molecule has 2 aromatic carbocycles. The van der Waals surface area contributed by atoms with Crippen LogP contribution in [0.1, 0.15) is 18.4 Å². The van der Waals surface area contributed by atoms with Gasteiger partial charge in [0.2, 0.25) is 11.0 Å². The molecule has 0 bridgehead atoms. The van der Waals surface area contributed by atoms with E-state index in [9.17, 15) is 14.4 Å². The lowest BCUT2D eigenvalue weighted by molar-refractivity contribution is -0.123. The minimum Gasteiger partial charge on any atom is -0.369 e. The first-order valence-electron chi connectivity index (χ1n) is 11.3. The lowest BCUT2D eigenvalue weighted by Gasteiger charge is -2.29. The smallest absolute Gasteiger partial charge is 0.282 e.